The minimum absolute atomic E-state index is 0.0408. The third kappa shape index (κ3) is 3.89. The van der Waals surface area contributed by atoms with Gasteiger partial charge >= 0.3 is 0 Å². The number of oxime groups is 1. The molecule has 2 aromatic carbocycles. The Morgan fingerprint density at radius 3 is 2.52 bits per heavy atom. The van der Waals surface area contributed by atoms with Crippen LogP contribution in [-0.2, 0) is 6.54 Å². The summed E-state index contributed by atoms with van der Waals surface area (Å²) in [5, 5.41) is 12.2. The van der Waals surface area contributed by atoms with Crippen LogP contribution in [0.25, 0.3) is 0 Å². The van der Waals surface area contributed by atoms with Gasteiger partial charge in [-0.25, -0.2) is 0 Å². The van der Waals surface area contributed by atoms with Crippen molar-refractivity contribution in [1.29, 1.82) is 0 Å². The first-order valence-electron chi connectivity index (χ1n) is 6.24. The summed E-state index contributed by atoms with van der Waals surface area (Å²) in [6, 6.07) is 13.4. The van der Waals surface area contributed by atoms with E-state index in [0.29, 0.717) is 10.6 Å². The zero-order chi connectivity index (χ0) is 15.4. The monoisotopic (exact) mass is 367 g/mol. The van der Waals surface area contributed by atoms with Crippen LogP contribution in [0.2, 0.25) is 5.02 Å². The number of benzene rings is 2. The Kier molecular flexibility index (Phi) is 5.09. The maximum Gasteiger partial charge on any atom is 0.170 e. The van der Waals surface area contributed by atoms with Crippen LogP contribution >= 0.6 is 27.5 Å². The third-order valence-corrected chi connectivity index (χ3v) is 3.93. The van der Waals surface area contributed by atoms with Gasteiger partial charge in [0.2, 0.25) is 0 Å². The number of nitrogens with zero attached hydrogens (tertiary/aromatic N) is 2. The molecule has 0 unspecified atom stereocenters. The maximum atomic E-state index is 8.68. The highest BCUT2D eigenvalue weighted by Gasteiger charge is 2.09. The van der Waals surface area contributed by atoms with Crippen LogP contribution in [0.4, 0.5) is 5.69 Å². The Morgan fingerprint density at radius 1 is 1.29 bits per heavy atom. The fourth-order valence-corrected chi connectivity index (χ4v) is 2.57. The van der Waals surface area contributed by atoms with Gasteiger partial charge in [0.15, 0.2) is 5.84 Å². The van der Waals surface area contributed by atoms with Gasteiger partial charge in [-0.3, -0.25) is 0 Å². The van der Waals surface area contributed by atoms with E-state index in [4.69, 9.17) is 22.5 Å². The highest BCUT2D eigenvalue weighted by atomic mass is 79.9. The quantitative estimate of drug-likeness (QED) is 0.373. The second-order valence-corrected chi connectivity index (χ2v) is 5.96. The lowest BCUT2D eigenvalue weighted by Gasteiger charge is -2.21. The number of amidine groups is 1. The molecule has 6 heteroatoms. The molecular formula is C15H15BrClN3O. The number of anilines is 1. The number of hydrogen-bond acceptors (Lipinski definition) is 3. The smallest absolute Gasteiger partial charge is 0.170 e. The Hall–Kier alpha value is -1.72. The first kappa shape index (κ1) is 15.7. The molecule has 0 saturated carbocycles. The van der Waals surface area contributed by atoms with Crippen molar-refractivity contribution in [2.75, 3.05) is 11.9 Å². The summed E-state index contributed by atoms with van der Waals surface area (Å²) in [6.07, 6.45) is 0. The minimum atomic E-state index is 0.0408. The second kappa shape index (κ2) is 6.83. The van der Waals surface area contributed by atoms with E-state index in [1.165, 1.54) is 5.56 Å². The van der Waals surface area contributed by atoms with Gasteiger partial charge in [0.05, 0.1) is 10.7 Å². The first-order chi connectivity index (χ1) is 10.0. The third-order valence-electron chi connectivity index (χ3n) is 3.10. The topological polar surface area (TPSA) is 61.8 Å². The molecule has 0 spiro atoms. The Balaban J connectivity index is 2.19. The molecule has 0 amide bonds. The van der Waals surface area contributed by atoms with Gasteiger partial charge in [-0.05, 0) is 35.9 Å². The summed E-state index contributed by atoms with van der Waals surface area (Å²) in [7, 11) is 1.96. The normalized spacial score (nSPS) is 11.5. The molecule has 21 heavy (non-hydrogen) atoms. The van der Waals surface area contributed by atoms with Crippen LogP contribution in [0.5, 0.6) is 0 Å². The average Bonchev–Trinajstić information content (AvgIpc) is 2.48. The molecule has 3 N–H and O–H groups in total. The molecule has 0 fully saturated rings. The van der Waals surface area contributed by atoms with Gasteiger partial charge in [0.25, 0.3) is 0 Å². The van der Waals surface area contributed by atoms with Gasteiger partial charge in [0, 0.05) is 23.6 Å². The molecule has 4 nitrogen and oxygen atoms in total. The molecular weight excluding hydrogens is 354 g/mol. The van der Waals surface area contributed by atoms with Crippen molar-refractivity contribution >= 4 is 39.1 Å². The molecule has 0 aliphatic rings. The van der Waals surface area contributed by atoms with Gasteiger partial charge in [-0.2, -0.15) is 0 Å². The predicted octanol–water partition coefficient (Wildman–Crippen LogP) is 3.83. The Labute approximate surface area is 136 Å². The second-order valence-electron chi connectivity index (χ2n) is 4.63. The minimum Gasteiger partial charge on any atom is -0.409 e. The molecule has 0 heterocycles. The Bertz CT molecular complexity index is 658. The lowest BCUT2D eigenvalue weighted by molar-refractivity contribution is 0.318. The van der Waals surface area contributed by atoms with Crippen molar-refractivity contribution in [1.82, 2.24) is 0 Å². The lowest BCUT2D eigenvalue weighted by Crippen LogP contribution is -2.18. The molecule has 0 bridgehead atoms. The lowest BCUT2D eigenvalue weighted by atomic mass is 10.1. The van der Waals surface area contributed by atoms with Crippen LogP contribution < -0.4 is 10.6 Å². The van der Waals surface area contributed by atoms with E-state index in [-0.39, 0.29) is 5.84 Å². The molecule has 2 rings (SSSR count). The zero-order valence-corrected chi connectivity index (χ0v) is 13.8. The first-order valence-corrected chi connectivity index (χ1v) is 7.41. The molecule has 110 valence electrons. The van der Waals surface area contributed by atoms with Gasteiger partial charge in [-0.1, -0.05) is 44.8 Å². The number of rotatable bonds is 4. The van der Waals surface area contributed by atoms with Gasteiger partial charge < -0.3 is 15.8 Å². The van der Waals surface area contributed by atoms with Crippen molar-refractivity contribution in [3.63, 3.8) is 0 Å². The predicted molar refractivity (Wildman–Crippen MR) is 90.2 cm³/mol. The van der Waals surface area contributed by atoms with Crippen molar-refractivity contribution in [3.05, 3.63) is 63.1 Å². The van der Waals surface area contributed by atoms with Crippen LogP contribution in [0.3, 0.4) is 0 Å². The average molecular weight is 369 g/mol. The number of halogens is 2. The maximum absolute atomic E-state index is 8.68. The van der Waals surface area contributed by atoms with E-state index in [0.717, 1.165) is 16.7 Å². The molecule has 0 aliphatic heterocycles. The van der Waals surface area contributed by atoms with Crippen LogP contribution in [0, 0.1) is 0 Å². The summed E-state index contributed by atoms with van der Waals surface area (Å²) in [5.74, 6) is 0.0408. The highest BCUT2D eigenvalue weighted by Crippen LogP contribution is 2.27. The Morgan fingerprint density at radius 2 is 1.95 bits per heavy atom. The largest absolute Gasteiger partial charge is 0.409 e. The van der Waals surface area contributed by atoms with Crippen LogP contribution in [-0.4, -0.2) is 18.1 Å². The number of nitrogens with two attached hydrogens (primary N) is 1. The SMILES string of the molecule is CN(Cc1ccc(Br)cc1)c1ccc(C(N)=NO)cc1Cl. The van der Waals surface area contributed by atoms with E-state index in [2.05, 4.69) is 33.2 Å². The molecule has 2 aromatic rings. The molecule has 0 aromatic heterocycles. The standard InChI is InChI=1S/C15H15BrClN3O/c1-20(9-10-2-5-12(16)6-3-10)14-7-4-11(8-13(14)17)15(18)19-21/h2-8,21H,9H2,1H3,(H2,18,19). The molecule has 0 aliphatic carbocycles. The van der Waals surface area contributed by atoms with E-state index < -0.39 is 0 Å². The zero-order valence-electron chi connectivity index (χ0n) is 11.4. The summed E-state index contributed by atoms with van der Waals surface area (Å²) < 4.78 is 1.05. The van der Waals surface area contributed by atoms with Crippen LogP contribution in [0.15, 0.2) is 52.1 Å². The van der Waals surface area contributed by atoms with Crippen molar-refractivity contribution in [3.8, 4) is 0 Å². The van der Waals surface area contributed by atoms with Crippen LogP contribution in [0.1, 0.15) is 11.1 Å². The molecule has 0 atom stereocenters. The van der Waals surface area contributed by atoms with Crippen molar-refractivity contribution in [2.45, 2.75) is 6.54 Å². The summed E-state index contributed by atoms with van der Waals surface area (Å²) in [5.41, 5.74) is 8.20. The fraction of sp³-hybridized carbons (Fsp3) is 0.133. The van der Waals surface area contributed by atoms with Crippen molar-refractivity contribution < 1.29 is 5.21 Å². The van der Waals surface area contributed by atoms with E-state index in [1.807, 2.05) is 30.1 Å². The summed E-state index contributed by atoms with van der Waals surface area (Å²) in [4.78, 5) is 2.04. The van der Waals surface area contributed by atoms with Gasteiger partial charge in [0.1, 0.15) is 0 Å². The van der Waals surface area contributed by atoms with E-state index in [1.54, 1.807) is 12.1 Å². The number of hydrogen-bond donors (Lipinski definition) is 2. The summed E-state index contributed by atoms with van der Waals surface area (Å²) >= 11 is 9.69. The van der Waals surface area contributed by atoms with E-state index in [9.17, 15) is 0 Å². The van der Waals surface area contributed by atoms with Gasteiger partial charge in [-0.15, -0.1) is 0 Å². The highest BCUT2D eigenvalue weighted by molar-refractivity contribution is 9.10. The molecule has 0 saturated heterocycles. The van der Waals surface area contributed by atoms with E-state index >= 15 is 0 Å². The van der Waals surface area contributed by atoms with Crippen molar-refractivity contribution in [2.24, 2.45) is 10.9 Å². The molecule has 0 radical (unpaired) electrons. The summed E-state index contributed by atoms with van der Waals surface area (Å²) in [6.45, 7) is 0.732. The fourth-order valence-electron chi connectivity index (χ4n) is 1.98.